The maximum Gasteiger partial charge on any atom is 0.238 e. The predicted molar refractivity (Wildman–Crippen MR) is 81.3 cm³/mol. The van der Waals surface area contributed by atoms with Crippen LogP contribution in [-0.4, -0.2) is 8.42 Å². The molecule has 0 aliphatic rings. The van der Waals surface area contributed by atoms with Crippen LogP contribution in [0.4, 0.5) is 10.1 Å². The summed E-state index contributed by atoms with van der Waals surface area (Å²) >= 11 is 6.01. The number of hydrogen-bond donors (Lipinski definition) is 2. The minimum absolute atomic E-state index is 0.0367. The van der Waals surface area contributed by atoms with Gasteiger partial charge in [0.25, 0.3) is 0 Å². The Labute approximate surface area is 127 Å². The molecule has 0 aliphatic heterocycles. The molecule has 0 heterocycles. The molecule has 0 unspecified atom stereocenters. The lowest BCUT2D eigenvalue weighted by molar-refractivity contribution is 0.598. The van der Waals surface area contributed by atoms with E-state index in [2.05, 4.69) is 5.32 Å². The minimum Gasteiger partial charge on any atom is -0.380 e. The van der Waals surface area contributed by atoms with E-state index in [0.29, 0.717) is 17.3 Å². The van der Waals surface area contributed by atoms with Crippen molar-refractivity contribution in [1.29, 1.82) is 0 Å². The minimum atomic E-state index is -3.80. The first-order valence-electron chi connectivity index (χ1n) is 6.08. The van der Waals surface area contributed by atoms with Crippen molar-refractivity contribution in [3.05, 3.63) is 58.4 Å². The number of primary sulfonamides is 1. The molecule has 3 N–H and O–H groups in total. The highest BCUT2D eigenvalue weighted by molar-refractivity contribution is 7.89. The number of nitrogens with one attached hydrogen (secondary N) is 1. The SMILES string of the molecule is Cc1ccc(F)cc1CNc1cc(S(N)(=O)=O)ccc1Cl. The lowest BCUT2D eigenvalue weighted by atomic mass is 10.1. The Bertz CT molecular complexity index is 779. The summed E-state index contributed by atoms with van der Waals surface area (Å²) in [6.45, 7) is 2.18. The average Bonchev–Trinajstić information content (AvgIpc) is 2.40. The Morgan fingerprint density at radius 2 is 1.95 bits per heavy atom. The molecule has 2 aromatic carbocycles. The summed E-state index contributed by atoms with van der Waals surface area (Å²) in [5.41, 5.74) is 2.10. The number of aryl methyl sites for hydroxylation is 1. The Morgan fingerprint density at radius 3 is 2.62 bits per heavy atom. The second-order valence-electron chi connectivity index (χ2n) is 4.61. The fourth-order valence-corrected chi connectivity index (χ4v) is 2.56. The van der Waals surface area contributed by atoms with Crippen LogP contribution < -0.4 is 10.5 Å². The highest BCUT2D eigenvalue weighted by Gasteiger charge is 2.11. The number of anilines is 1. The van der Waals surface area contributed by atoms with Crippen molar-refractivity contribution in [3.63, 3.8) is 0 Å². The molecule has 0 saturated carbocycles. The summed E-state index contributed by atoms with van der Waals surface area (Å²) in [6.07, 6.45) is 0. The van der Waals surface area contributed by atoms with Gasteiger partial charge in [-0.15, -0.1) is 0 Å². The fraction of sp³-hybridized carbons (Fsp3) is 0.143. The number of rotatable bonds is 4. The van der Waals surface area contributed by atoms with Crippen LogP contribution in [0.1, 0.15) is 11.1 Å². The molecule has 4 nitrogen and oxygen atoms in total. The van der Waals surface area contributed by atoms with E-state index in [1.165, 1.54) is 30.3 Å². The first-order valence-corrected chi connectivity index (χ1v) is 8.01. The summed E-state index contributed by atoms with van der Waals surface area (Å²) < 4.78 is 35.9. The van der Waals surface area contributed by atoms with E-state index < -0.39 is 10.0 Å². The van der Waals surface area contributed by atoms with Crippen LogP contribution in [0.3, 0.4) is 0 Å². The topological polar surface area (TPSA) is 72.2 Å². The van der Waals surface area contributed by atoms with Crippen molar-refractivity contribution in [1.82, 2.24) is 0 Å². The number of halogens is 2. The first kappa shape index (κ1) is 15.8. The largest absolute Gasteiger partial charge is 0.380 e. The van der Waals surface area contributed by atoms with Crippen molar-refractivity contribution in [2.24, 2.45) is 5.14 Å². The summed E-state index contributed by atoms with van der Waals surface area (Å²) in [5.74, 6) is -0.332. The van der Waals surface area contributed by atoms with Gasteiger partial charge in [-0.05, 0) is 48.4 Å². The zero-order chi connectivity index (χ0) is 15.6. The maximum atomic E-state index is 13.2. The van der Waals surface area contributed by atoms with Gasteiger partial charge in [-0.1, -0.05) is 17.7 Å². The molecule has 0 atom stereocenters. The quantitative estimate of drug-likeness (QED) is 0.906. The Hall–Kier alpha value is -1.63. The molecule has 0 aliphatic carbocycles. The van der Waals surface area contributed by atoms with Crippen molar-refractivity contribution in [2.75, 3.05) is 5.32 Å². The monoisotopic (exact) mass is 328 g/mol. The van der Waals surface area contributed by atoms with Crippen LogP contribution >= 0.6 is 11.6 Å². The van der Waals surface area contributed by atoms with Gasteiger partial charge in [-0.2, -0.15) is 0 Å². The molecule has 0 radical (unpaired) electrons. The van der Waals surface area contributed by atoms with Gasteiger partial charge in [-0.3, -0.25) is 0 Å². The summed E-state index contributed by atoms with van der Waals surface area (Å²) in [6, 6.07) is 8.60. The molecule has 21 heavy (non-hydrogen) atoms. The van der Waals surface area contributed by atoms with E-state index in [4.69, 9.17) is 16.7 Å². The van der Waals surface area contributed by atoms with Crippen LogP contribution in [-0.2, 0) is 16.6 Å². The Balaban J connectivity index is 2.26. The van der Waals surface area contributed by atoms with Gasteiger partial charge in [0, 0.05) is 6.54 Å². The standard InChI is InChI=1S/C14H14ClFN2O2S/c1-9-2-3-11(16)6-10(9)8-18-14-7-12(21(17,19)20)4-5-13(14)15/h2-7,18H,8H2,1H3,(H2,17,19,20). The average molecular weight is 329 g/mol. The van der Waals surface area contributed by atoms with Crippen molar-refractivity contribution < 1.29 is 12.8 Å². The van der Waals surface area contributed by atoms with Crippen molar-refractivity contribution >= 4 is 27.3 Å². The third-order valence-electron chi connectivity index (χ3n) is 3.05. The number of nitrogens with two attached hydrogens (primary N) is 1. The number of benzene rings is 2. The second-order valence-corrected chi connectivity index (χ2v) is 6.58. The molecule has 0 saturated heterocycles. The van der Waals surface area contributed by atoms with Crippen LogP contribution in [0.25, 0.3) is 0 Å². The molecular formula is C14H14ClFN2O2S. The summed E-state index contributed by atoms with van der Waals surface area (Å²) in [4.78, 5) is -0.0367. The van der Waals surface area contributed by atoms with Gasteiger partial charge in [0.1, 0.15) is 5.82 Å². The lowest BCUT2D eigenvalue weighted by Crippen LogP contribution is -2.12. The van der Waals surface area contributed by atoms with Crippen LogP contribution in [0.15, 0.2) is 41.3 Å². The first-order chi connectivity index (χ1) is 9.77. The van der Waals surface area contributed by atoms with Crippen LogP contribution in [0, 0.1) is 12.7 Å². The van der Waals surface area contributed by atoms with E-state index in [0.717, 1.165) is 11.1 Å². The number of hydrogen-bond acceptors (Lipinski definition) is 3. The molecule has 112 valence electrons. The molecule has 2 rings (SSSR count). The van der Waals surface area contributed by atoms with Gasteiger partial charge in [0.05, 0.1) is 15.6 Å². The van der Waals surface area contributed by atoms with E-state index >= 15 is 0 Å². The molecular weight excluding hydrogens is 315 g/mol. The molecule has 0 aromatic heterocycles. The van der Waals surface area contributed by atoms with Crippen LogP contribution in [0.5, 0.6) is 0 Å². The highest BCUT2D eigenvalue weighted by atomic mass is 35.5. The summed E-state index contributed by atoms with van der Waals surface area (Å²) in [5, 5.41) is 8.43. The third kappa shape index (κ3) is 3.93. The summed E-state index contributed by atoms with van der Waals surface area (Å²) in [7, 11) is -3.80. The lowest BCUT2D eigenvalue weighted by Gasteiger charge is -2.11. The molecule has 0 amide bonds. The predicted octanol–water partition coefficient (Wildman–Crippen LogP) is 3.05. The Morgan fingerprint density at radius 1 is 1.24 bits per heavy atom. The van der Waals surface area contributed by atoms with E-state index in [-0.39, 0.29) is 10.7 Å². The molecule has 7 heteroatoms. The molecule has 2 aromatic rings. The fourth-order valence-electron chi connectivity index (χ4n) is 1.84. The van der Waals surface area contributed by atoms with Gasteiger partial charge in [0.2, 0.25) is 10.0 Å². The smallest absolute Gasteiger partial charge is 0.238 e. The van der Waals surface area contributed by atoms with Crippen molar-refractivity contribution in [3.8, 4) is 0 Å². The zero-order valence-electron chi connectivity index (χ0n) is 11.2. The molecule has 0 bridgehead atoms. The second kappa shape index (κ2) is 6.01. The Kier molecular flexibility index (Phi) is 4.51. The maximum absolute atomic E-state index is 13.2. The third-order valence-corrected chi connectivity index (χ3v) is 4.29. The van der Waals surface area contributed by atoms with Crippen molar-refractivity contribution in [2.45, 2.75) is 18.4 Å². The van der Waals surface area contributed by atoms with E-state index in [1.54, 1.807) is 6.07 Å². The van der Waals surface area contributed by atoms with Crippen LogP contribution in [0.2, 0.25) is 5.02 Å². The zero-order valence-corrected chi connectivity index (χ0v) is 12.8. The van der Waals surface area contributed by atoms with Gasteiger partial charge < -0.3 is 5.32 Å². The molecule has 0 spiro atoms. The van der Waals surface area contributed by atoms with Gasteiger partial charge in [0.15, 0.2) is 0 Å². The highest BCUT2D eigenvalue weighted by Crippen LogP contribution is 2.25. The van der Waals surface area contributed by atoms with E-state index in [9.17, 15) is 12.8 Å². The van der Waals surface area contributed by atoms with Gasteiger partial charge >= 0.3 is 0 Å². The molecule has 0 fully saturated rings. The van der Waals surface area contributed by atoms with Gasteiger partial charge in [-0.25, -0.2) is 17.9 Å². The van der Waals surface area contributed by atoms with E-state index in [1.807, 2.05) is 6.92 Å². The normalized spacial score (nSPS) is 11.4. The number of sulfonamides is 1.